The number of nitrogens with zero attached hydrogens (tertiary/aromatic N) is 2. The lowest BCUT2D eigenvalue weighted by atomic mass is 9.90. The van der Waals surface area contributed by atoms with Gasteiger partial charge >= 0.3 is 0 Å². The summed E-state index contributed by atoms with van der Waals surface area (Å²) in [4.78, 5) is 18.8. The zero-order chi connectivity index (χ0) is 17.9. The third-order valence-electron chi connectivity index (χ3n) is 4.43. The van der Waals surface area contributed by atoms with E-state index in [9.17, 15) is 4.79 Å². The molecule has 130 valence electrons. The molecule has 1 aromatic heterocycles. The highest BCUT2D eigenvalue weighted by Crippen LogP contribution is 2.41. The molecule has 5 heteroatoms. The van der Waals surface area contributed by atoms with Crippen molar-refractivity contribution >= 4 is 11.6 Å². The number of anilines is 1. The minimum absolute atomic E-state index is 0.0760. The largest absolute Gasteiger partial charge is 0.497 e. The normalized spacial score (nSPS) is 19.0. The van der Waals surface area contributed by atoms with Crippen molar-refractivity contribution < 1.29 is 14.3 Å². The van der Waals surface area contributed by atoms with E-state index in [0.29, 0.717) is 5.75 Å². The van der Waals surface area contributed by atoms with Gasteiger partial charge in [0.25, 0.3) is 5.91 Å². The highest BCUT2D eigenvalue weighted by atomic mass is 16.5. The number of aromatic nitrogens is 1. The molecule has 0 radical (unpaired) electrons. The number of pyridine rings is 1. The molecule has 5 nitrogen and oxygen atoms in total. The fourth-order valence-electron chi connectivity index (χ4n) is 3.13. The van der Waals surface area contributed by atoms with Crippen LogP contribution in [0.4, 0.5) is 5.69 Å². The molecule has 0 aliphatic carbocycles. The Labute approximate surface area is 151 Å². The van der Waals surface area contributed by atoms with Crippen molar-refractivity contribution in [3.8, 4) is 11.5 Å². The van der Waals surface area contributed by atoms with E-state index >= 15 is 0 Å². The van der Waals surface area contributed by atoms with Gasteiger partial charge in [0.15, 0.2) is 0 Å². The van der Waals surface area contributed by atoms with Crippen LogP contribution < -0.4 is 14.4 Å². The van der Waals surface area contributed by atoms with Crippen LogP contribution in [0.15, 0.2) is 79.1 Å². The van der Waals surface area contributed by atoms with E-state index in [-0.39, 0.29) is 11.9 Å². The molecule has 0 spiro atoms. The summed E-state index contributed by atoms with van der Waals surface area (Å²) in [6, 6.07) is 20.4. The van der Waals surface area contributed by atoms with Crippen molar-refractivity contribution in [3.63, 3.8) is 0 Å². The van der Waals surface area contributed by atoms with Crippen LogP contribution in [0.1, 0.15) is 11.6 Å². The van der Waals surface area contributed by atoms with Gasteiger partial charge in [-0.25, -0.2) is 0 Å². The van der Waals surface area contributed by atoms with Gasteiger partial charge in [-0.15, -0.1) is 0 Å². The summed E-state index contributed by atoms with van der Waals surface area (Å²) in [6.45, 7) is 0. The van der Waals surface area contributed by atoms with E-state index in [4.69, 9.17) is 9.47 Å². The van der Waals surface area contributed by atoms with Gasteiger partial charge < -0.3 is 9.47 Å². The Hall–Kier alpha value is -3.34. The van der Waals surface area contributed by atoms with Crippen LogP contribution in [0.25, 0.3) is 0 Å². The lowest BCUT2D eigenvalue weighted by molar-refractivity contribution is -0.135. The van der Waals surface area contributed by atoms with Crippen molar-refractivity contribution in [3.05, 3.63) is 84.7 Å². The smallest absolute Gasteiger partial charge is 0.271 e. The Morgan fingerprint density at radius 1 is 0.923 bits per heavy atom. The van der Waals surface area contributed by atoms with Gasteiger partial charge in [0.2, 0.25) is 6.10 Å². The number of amides is 1. The SMILES string of the molecule is COc1ccc(N2C(=O)[C@@H](Oc3ccccc3)[C@@H]2c2cccnc2)cc1. The van der Waals surface area contributed by atoms with E-state index in [2.05, 4.69) is 4.98 Å². The third-order valence-corrected chi connectivity index (χ3v) is 4.43. The minimum atomic E-state index is -0.580. The lowest BCUT2D eigenvalue weighted by Gasteiger charge is -2.46. The first kappa shape index (κ1) is 16.1. The van der Waals surface area contributed by atoms with Crippen molar-refractivity contribution in [2.75, 3.05) is 12.0 Å². The maximum absolute atomic E-state index is 12.9. The monoisotopic (exact) mass is 346 g/mol. The topological polar surface area (TPSA) is 51.7 Å². The van der Waals surface area contributed by atoms with Crippen LogP contribution in [0.2, 0.25) is 0 Å². The summed E-state index contributed by atoms with van der Waals surface area (Å²) in [7, 11) is 1.62. The van der Waals surface area contributed by atoms with Crippen LogP contribution in [-0.2, 0) is 4.79 Å². The number of carbonyl (C=O) groups is 1. The summed E-state index contributed by atoms with van der Waals surface area (Å²) in [5.74, 6) is 1.35. The molecule has 1 fully saturated rings. The van der Waals surface area contributed by atoms with E-state index in [1.54, 1.807) is 24.4 Å². The number of methoxy groups -OCH3 is 1. The number of rotatable bonds is 5. The first-order valence-corrected chi connectivity index (χ1v) is 8.36. The first-order valence-electron chi connectivity index (χ1n) is 8.36. The van der Waals surface area contributed by atoms with Crippen molar-refractivity contribution in [1.29, 1.82) is 0 Å². The highest BCUT2D eigenvalue weighted by molar-refractivity contribution is 6.05. The van der Waals surface area contributed by atoms with Crippen LogP contribution in [0.3, 0.4) is 0 Å². The molecule has 2 heterocycles. The molecule has 1 amide bonds. The van der Waals surface area contributed by atoms with E-state index < -0.39 is 6.10 Å². The summed E-state index contributed by atoms with van der Waals surface area (Å²) in [5, 5.41) is 0. The number of hydrogen-bond donors (Lipinski definition) is 0. The summed E-state index contributed by atoms with van der Waals surface area (Å²) < 4.78 is 11.2. The van der Waals surface area contributed by atoms with Gasteiger partial charge in [-0.05, 0) is 48.0 Å². The van der Waals surface area contributed by atoms with Gasteiger partial charge in [0.1, 0.15) is 17.5 Å². The molecule has 4 rings (SSSR count). The van der Waals surface area contributed by atoms with Gasteiger partial charge in [0, 0.05) is 18.1 Å². The predicted molar refractivity (Wildman–Crippen MR) is 98.3 cm³/mol. The van der Waals surface area contributed by atoms with Crippen LogP contribution in [-0.4, -0.2) is 24.1 Å². The van der Waals surface area contributed by atoms with Crippen LogP contribution in [0.5, 0.6) is 11.5 Å². The average molecular weight is 346 g/mol. The maximum Gasteiger partial charge on any atom is 0.271 e. The molecule has 0 saturated carbocycles. The Bertz CT molecular complexity index is 882. The van der Waals surface area contributed by atoms with Crippen LogP contribution >= 0.6 is 0 Å². The summed E-state index contributed by atoms with van der Waals surface area (Å²) in [6.07, 6.45) is 2.91. The second-order valence-electron chi connectivity index (χ2n) is 5.99. The lowest BCUT2D eigenvalue weighted by Crippen LogP contribution is -2.61. The van der Waals surface area contributed by atoms with Gasteiger partial charge in [0.05, 0.1) is 7.11 Å². The zero-order valence-electron chi connectivity index (χ0n) is 14.3. The standard InChI is InChI=1S/C21H18N2O3/c1-25-17-11-9-16(10-12-17)23-19(15-6-5-13-22-14-15)20(21(23)24)26-18-7-3-2-4-8-18/h2-14,19-20H,1H3/t19-,20-/m0/s1. The summed E-state index contributed by atoms with van der Waals surface area (Å²) >= 11 is 0. The molecule has 0 bridgehead atoms. The van der Waals surface area contributed by atoms with Crippen molar-refractivity contribution in [2.24, 2.45) is 0 Å². The molecule has 1 aliphatic heterocycles. The summed E-state index contributed by atoms with van der Waals surface area (Å²) in [5.41, 5.74) is 1.74. The van der Waals surface area contributed by atoms with Crippen molar-refractivity contribution in [1.82, 2.24) is 4.98 Å². The Morgan fingerprint density at radius 3 is 2.35 bits per heavy atom. The van der Waals surface area contributed by atoms with Gasteiger partial charge in [-0.1, -0.05) is 24.3 Å². The highest BCUT2D eigenvalue weighted by Gasteiger charge is 2.51. The number of ether oxygens (including phenoxy) is 2. The quantitative estimate of drug-likeness (QED) is 0.662. The van der Waals surface area contributed by atoms with E-state index in [1.807, 2.05) is 66.7 Å². The molecular formula is C21H18N2O3. The molecule has 26 heavy (non-hydrogen) atoms. The van der Waals surface area contributed by atoms with E-state index in [0.717, 1.165) is 17.0 Å². The first-order chi connectivity index (χ1) is 12.8. The molecule has 1 aliphatic rings. The number of para-hydroxylation sites is 1. The molecule has 2 atom stereocenters. The second kappa shape index (κ2) is 6.88. The average Bonchev–Trinajstić information content (AvgIpc) is 2.71. The molecule has 1 saturated heterocycles. The number of hydrogen-bond acceptors (Lipinski definition) is 4. The molecular weight excluding hydrogens is 328 g/mol. The third kappa shape index (κ3) is 2.88. The minimum Gasteiger partial charge on any atom is -0.497 e. The Balaban J connectivity index is 1.66. The second-order valence-corrected chi connectivity index (χ2v) is 5.99. The molecule has 0 N–H and O–H groups in total. The Morgan fingerprint density at radius 2 is 1.69 bits per heavy atom. The fourth-order valence-corrected chi connectivity index (χ4v) is 3.13. The van der Waals surface area contributed by atoms with E-state index in [1.165, 1.54) is 0 Å². The number of carbonyl (C=O) groups excluding carboxylic acids is 1. The van der Waals surface area contributed by atoms with Crippen LogP contribution in [0, 0.1) is 0 Å². The number of β-lactam (4-membered cyclic amide) rings is 1. The maximum atomic E-state index is 12.9. The Kier molecular flexibility index (Phi) is 4.27. The molecule has 2 aromatic carbocycles. The fraction of sp³-hybridized carbons (Fsp3) is 0.143. The molecule has 0 unspecified atom stereocenters. The van der Waals surface area contributed by atoms with Crippen molar-refractivity contribution in [2.45, 2.75) is 12.1 Å². The zero-order valence-corrected chi connectivity index (χ0v) is 14.3. The number of benzene rings is 2. The predicted octanol–water partition coefficient (Wildman–Crippen LogP) is 3.63. The van der Waals surface area contributed by atoms with Gasteiger partial charge in [-0.3, -0.25) is 14.7 Å². The van der Waals surface area contributed by atoms with Gasteiger partial charge in [-0.2, -0.15) is 0 Å². The molecule has 3 aromatic rings.